The van der Waals surface area contributed by atoms with Crippen molar-refractivity contribution in [2.75, 3.05) is 26.9 Å². The minimum absolute atomic E-state index is 0.0184. The molecule has 40 heavy (non-hydrogen) atoms. The normalized spacial score (nSPS) is 16.3. The smallest absolute Gasteiger partial charge is 0.341 e. The number of aromatic nitrogens is 2. The largest absolute Gasteiger partial charge is 0.493 e. The molecule has 1 fully saturated rings. The number of fused-ring (bicyclic) bond motifs is 1. The SMILES string of the molecule is CCCc1cc(C(C)CC)cc(CCC)c1S(=O)(=O)Oc1nc(C)nc2cc(OC)c(OCC3CCOC3)cc12. The molecule has 1 saturated heterocycles. The van der Waals surface area contributed by atoms with Crippen LogP contribution >= 0.6 is 0 Å². The van der Waals surface area contributed by atoms with Gasteiger partial charge in [-0.25, -0.2) is 4.98 Å². The van der Waals surface area contributed by atoms with E-state index in [1.165, 1.54) is 5.56 Å². The van der Waals surface area contributed by atoms with Gasteiger partial charge in [0.2, 0.25) is 5.88 Å². The lowest BCUT2D eigenvalue weighted by Crippen LogP contribution is -2.17. The molecular formula is C31H42N2O6S. The van der Waals surface area contributed by atoms with E-state index < -0.39 is 10.1 Å². The van der Waals surface area contributed by atoms with Crippen LogP contribution in [0.1, 0.15) is 81.8 Å². The second-order valence-electron chi connectivity index (χ2n) is 10.7. The van der Waals surface area contributed by atoms with Crippen molar-refractivity contribution in [1.82, 2.24) is 9.97 Å². The number of ether oxygens (including phenoxy) is 3. The Morgan fingerprint density at radius 2 is 1.73 bits per heavy atom. The third kappa shape index (κ3) is 6.69. The summed E-state index contributed by atoms with van der Waals surface area (Å²) >= 11 is 0. The Morgan fingerprint density at radius 3 is 2.30 bits per heavy atom. The average Bonchev–Trinajstić information content (AvgIpc) is 3.44. The Bertz CT molecular complexity index is 1410. The second-order valence-corrected chi connectivity index (χ2v) is 12.1. The van der Waals surface area contributed by atoms with Gasteiger partial charge in [-0.1, -0.05) is 52.7 Å². The molecule has 0 aliphatic carbocycles. The summed E-state index contributed by atoms with van der Waals surface area (Å²) in [6, 6.07) is 7.52. The number of aryl methyl sites for hydroxylation is 3. The van der Waals surface area contributed by atoms with Crippen molar-refractivity contribution in [3.8, 4) is 17.4 Å². The maximum atomic E-state index is 14.1. The summed E-state index contributed by atoms with van der Waals surface area (Å²) in [4.78, 5) is 9.21. The van der Waals surface area contributed by atoms with Crippen LogP contribution in [0, 0.1) is 12.8 Å². The van der Waals surface area contributed by atoms with Crippen LogP contribution in [-0.2, 0) is 27.7 Å². The van der Waals surface area contributed by atoms with Crippen molar-refractivity contribution in [3.63, 3.8) is 0 Å². The van der Waals surface area contributed by atoms with Gasteiger partial charge in [0, 0.05) is 18.6 Å². The zero-order valence-electron chi connectivity index (χ0n) is 24.6. The van der Waals surface area contributed by atoms with Gasteiger partial charge in [-0.2, -0.15) is 13.4 Å². The van der Waals surface area contributed by atoms with E-state index in [0.29, 0.717) is 60.2 Å². The number of hydrogen-bond donors (Lipinski definition) is 0. The molecule has 2 heterocycles. The van der Waals surface area contributed by atoms with E-state index in [1.807, 2.05) is 12.1 Å². The lowest BCUT2D eigenvalue weighted by atomic mass is 9.92. The highest BCUT2D eigenvalue weighted by Gasteiger charge is 2.28. The van der Waals surface area contributed by atoms with Crippen LogP contribution in [0.5, 0.6) is 17.4 Å². The Morgan fingerprint density at radius 1 is 1.02 bits per heavy atom. The Balaban J connectivity index is 1.80. The van der Waals surface area contributed by atoms with Gasteiger partial charge in [0.05, 0.1) is 31.2 Å². The Hall–Kier alpha value is -2.91. The first-order chi connectivity index (χ1) is 19.2. The van der Waals surface area contributed by atoms with Gasteiger partial charge in [0.25, 0.3) is 0 Å². The lowest BCUT2D eigenvalue weighted by molar-refractivity contribution is 0.165. The van der Waals surface area contributed by atoms with E-state index in [4.69, 9.17) is 18.4 Å². The Kier molecular flexibility index (Phi) is 9.90. The van der Waals surface area contributed by atoms with Crippen LogP contribution < -0.4 is 13.7 Å². The van der Waals surface area contributed by atoms with Crippen molar-refractivity contribution in [2.24, 2.45) is 5.92 Å². The molecule has 9 heteroatoms. The maximum absolute atomic E-state index is 14.1. The van der Waals surface area contributed by atoms with Gasteiger partial charge in [0.1, 0.15) is 10.7 Å². The van der Waals surface area contributed by atoms with Crippen molar-refractivity contribution in [2.45, 2.75) is 84.0 Å². The summed E-state index contributed by atoms with van der Waals surface area (Å²) in [5.41, 5.74) is 3.27. The van der Waals surface area contributed by atoms with Gasteiger partial charge >= 0.3 is 10.1 Å². The van der Waals surface area contributed by atoms with Gasteiger partial charge in [0.15, 0.2) is 11.5 Å². The molecule has 2 unspecified atom stereocenters. The van der Waals surface area contributed by atoms with Crippen molar-refractivity contribution < 1.29 is 26.8 Å². The molecule has 3 aromatic rings. The molecule has 218 valence electrons. The summed E-state index contributed by atoms with van der Waals surface area (Å²) in [6.07, 6.45) is 4.83. The molecule has 1 aliphatic rings. The fourth-order valence-electron chi connectivity index (χ4n) is 5.16. The minimum atomic E-state index is -4.21. The molecule has 8 nitrogen and oxygen atoms in total. The van der Waals surface area contributed by atoms with Crippen LogP contribution in [0.15, 0.2) is 29.2 Å². The molecule has 0 spiro atoms. The fourth-order valence-corrected chi connectivity index (χ4v) is 6.54. The van der Waals surface area contributed by atoms with E-state index in [-0.39, 0.29) is 16.7 Å². The van der Waals surface area contributed by atoms with Crippen LogP contribution in [0.25, 0.3) is 10.9 Å². The van der Waals surface area contributed by atoms with Crippen LogP contribution in [0.2, 0.25) is 0 Å². The van der Waals surface area contributed by atoms with E-state index in [9.17, 15) is 8.42 Å². The summed E-state index contributed by atoms with van der Waals surface area (Å²) in [5, 5.41) is 0.443. The molecule has 4 rings (SSSR count). The van der Waals surface area contributed by atoms with E-state index >= 15 is 0 Å². The summed E-state index contributed by atoms with van der Waals surface area (Å²) in [5.74, 6) is 1.99. The monoisotopic (exact) mass is 570 g/mol. The number of benzene rings is 2. The van der Waals surface area contributed by atoms with Crippen LogP contribution in [0.4, 0.5) is 0 Å². The van der Waals surface area contributed by atoms with E-state index in [1.54, 1.807) is 26.2 Å². The van der Waals surface area contributed by atoms with E-state index in [0.717, 1.165) is 43.4 Å². The molecule has 1 aliphatic heterocycles. The summed E-state index contributed by atoms with van der Waals surface area (Å²) in [7, 11) is -2.64. The average molecular weight is 571 g/mol. The molecule has 0 N–H and O–H groups in total. The molecule has 2 atom stereocenters. The van der Waals surface area contributed by atoms with Gasteiger partial charge in [-0.15, -0.1) is 0 Å². The minimum Gasteiger partial charge on any atom is -0.493 e. The number of nitrogens with zero attached hydrogens (tertiary/aromatic N) is 2. The van der Waals surface area contributed by atoms with Crippen molar-refractivity contribution in [3.05, 3.63) is 46.8 Å². The highest BCUT2D eigenvalue weighted by molar-refractivity contribution is 7.87. The third-order valence-electron chi connectivity index (χ3n) is 7.48. The molecule has 0 amide bonds. The number of rotatable bonds is 13. The lowest BCUT2D eigenvalue weighted by Gasteiger charge is -2.20. The molecule has 1 aromatic heterocycles. The molecule has 0 radical (unpaired) electrons. The highest BCUT2D eigenvalue weighted by Crippen LogP contribution is 2.38. The highest BCUT2D eigenvalue weighted by atomic mass is 32.2. The fraction of sp³-hybridized carbons (Fsp3) is 0.548. The Labute approximate surface area is 238 Å². The first-order valence-corrected chi connectivity index (χ1v) is 15.8. The maximum Gasteiger partial charge on any atom is 0.341 e. The zero-order chi connectivity index (χ0) is 28.9. The zero-order valence-corrected chi connectivity index (χ0v) is 25.4. The van der Waals surface area contributed by atoms with Gasteiger partial charge < -0.3 is 18.4 Å². The summed E-state index contributed by atoms with van der Waals surface area (Å²) < 4.78 is 51.1. The van der Waals surface area contributed by atoms with Gasteiger partial charge in [-0.05, 0) is 61.3 Å². The first-order valence-electron chi connectivity index (χ1n) is 14.4. The van der Waals surface area contributed by atoms with Crippen LogP contribution in [-0.4, -0.2) is 45.3 Å². The second kappa shape index (κ2) is 13.2. The number of hydrogen-bond acceptors (Lipinski definition) is 8. The molecule has 2 aromatic carbocycles. The first kappa shape index (κ1) is 30.1. The predicted molar refractivity (Wildman–Crippen MR) is 156 cm³/mol. The molecular weight excluding hydrogens is 528 g/mol. The predicted octanol–water partition coefficient (Wildman–Crippen LogP) is 6.55. The van der Waals surface area contributed by atoms with Gasteiger partial charge in [-0.3, -0.25) is 0 Å². The quantitative estimate of drug-likeness (QED) is 0.214. The summed E-state index contributed by atoms with van der Waals surface area (Å²) in [6.45, 7) is 12.0. The van der Waals surface area contributed by atoms with Crippen LogP contribution in [0.3, 0.4) is 0 Å². The molecule has 0 bridgehead atoms. The number of methoxy groups -OCH3 is 1. The van der Waals surface area contributed by atoms with Crippen molar-refractivity contribution in [1.29, 1.82) is 0 Å². The standard InChI is InChI=1S/C31H42N2O6S/c1-7-10-23-14-25(20(4)9-3)15-24(11-8-2)30(23)40(34,35)39-31-26-16-29(38-19-22-12-13-37-18-22)28(36-6)17-27(26)32-21(5)33-31/h14-17,20,22H,7-13,18-19H2,1-6H3. The third-order valence-corrected chi connectivity index (χ3v) is 8.88. The van der Waals surface area contributed by atoms with Crippen molar-refractivity contribution >= 4 is 21.0 Å². The van der Waals surface area contributed by atoms with E-state index in [2.05, 4.69) is 37.7 Å². The molecule has 0 saturated carbocycles. The topological polar surface area (TPSA) is 96.8 Å².